The number of halogens is 1. The maximum absolute atomic E-state index is 13.0. The number of hydrogen-bond acceptors (Lipinski definition) is 2. The lowest BCUT2D eigenvalue weighted by atomic mass is 10.0. The molecule has 1 unspecified atom stereocenters. The molecular formula is C14H15FOS. The highest BCUT2D eigenvalue weighted by molar-refractivity contribution is 7.20. The number of thiophene rings is 1. The monoisotopic (exact) mass is 250 g/mol. The fourth-order valence-electron chi connectivity index (χ4n) is 1.71. The smallest absolute Gasteiger partial charge is 0.173 e. The number of fused-ring (bicyclic) bond motifs is 1. The fourth-order valence-corrected chi connectivity index (χ4v) is 2.70. The lowest BCUT2D eigenvalue weighted by Gasteiger charge is -2.04. The summed E-state index contributed by atoms with van der Waals surface area (Å²) in [6.45, 7) is 4.16. The van der Waals surface area contributed by atoms with E-state index >= 15 is 0 Å². The second kappa shape index (κ2) is 4.96. The molecule has 1 aromatic heterocycles. The normalized spacial score (nSPS) is 12.9. The molecule has 1 nitrogen and oxygen atoms in total. The Kier molecular flexibility index (Phi) is 3.57. The molecule has 0 aliphatic heterocycles. The van der Waals surface area contributed by atoms with Crippen LogP contribution in [0.2, 0.25) is 0 Å². The van der Waals surface area contributed by atoms with Gasteiger partial charge in [-0.3, -0.25) is 4.79 Å². The molecule has 0 N–H and O–H groups in total. The molecule has 90 valence electrons. The van der Waals surface area contributed by atoms with Crippen molar-refractivity contribution in [3.8, 4) is 0 Å². The number of carbonyl (C=O) groups excluding carboxylic acids is 1. The summed E-state index contributed by atoms with van der Waals surface area (Å²) in [5.41, 5.74) is 0. The second-order valence-electron chi connectivity index (χ2n) is 4.43. The maximum atomic E-state index is 13.0. The topological polar surface area (TPSA) is 17.1 Å². The molecular weight excluding hydrogens is 235 g/mol. The van der Waals surface area contributed by atoms with Crippen molar-refractivity contribution in [2.24, 2.45) is 5.92 Å². The van der Waals surface area contributed by atoms with Crippen molar-refractivity contribution in [2.45, 2.75) is 26.7 Å². The molecule has 2 rings (SSSR count). The first-order chi connectivity index (χ1) is 8.10. The number of Topliss-reactive ketones (excluding diaryl/α,β-unsaturated/α-hetero) is 1. The van der Waals surface area contributed by atoms with Gasteiger partial charge in [-0.1, -0.05) is 20.3 Å². The first-order valence-corrected chi connectivity index (χ1v) is 6.64. The van der Waals surface area contributed by atoms with Crippen molar-refractivity contribution in [3.63, 3.8) is 0 Å². The summed E-state index contributed by atoms with van der Waals surface area (Å²) in [5.74, 6) is 0.321. The van der Waals surface area contributed by atoms with E-state index in [9.17, 15) is 9.18 Å². The predicted molar refractivity (Wildman–Crippen MR) is 70.2 cm³/mol. The fraction of sp³-hybridized carbons (Fsp3) is 0.357. The SMILES string of the molecule is CCC(C)CC(=O)c1cc2cc(F)ccc2s1. The first-order valence-electron chi connectivity index (χ1n) is 5.82. The Labute approximate surface area is 104 Å². The summed E-state index contributed by atoms with van der Waals surface area (Å²) in [5, 5.41) is 0.822. The highest BCUT2D eigenvalue weighted by Gasteiger charge is 2.13. The highest BCUT2D eigenvalue weighted by Crippen LogP contribution is 2.28. The molecule has 0 saturated carbocycles. The van der Waals surface area contributed by atoms with Crippen molar-refractivity contribution in [1.29, 1.82) is 0 Å². The zero-order valence-electron chi connectivity index (χ0n) is 10.00. The van der Waals surface area contributed by atoms with Crippen LogP contribution in [0.25, 0.3) is 10.1 Å². The average molecular weight is 250 g/mol. The molecule has 0 aliphatic rings. The van der Waals surface area contributed by atoms with E-state index in [4.69, 9.17) is 0 Å². The van der Waals surface area contributed by atoms with Gasteiger partial charge < -0.3 is 0 Å². The Balaban J connectivity index is 2.27. The van der Waals surface area contributed by atoms with Crippen LogP contribution >= 0.6 is 11.3 Å². The van der Waals surface area contributed by atoms with Gasteiger partial charge in [0.15, 0.2) is 5.78 Å². The van der Waals surface area contributed by atoms with Gasteiger partial charge >= 0.3 is 0 Å². The maximum Gasteiger partial charge on any atom is 0.173 e. The lowest BCUT2D eigenvalue weighted by molar-refractivity contribution is 0.0967. The van der Waals surface area contributed by atoms with Crippen molar-refractivity contribution in [1.82, 2.24) is 0 Å². The minimum Gasteiger partial charge on any atom is -0.293 e. The lowest BCUT2D eigenvalue weighted by Crippen LogP contribution is -2.03. The number of hydrogen-bond donors (Lipinski definition) is 0. The number of rotatable bonds is 4. The highest BCUT2D eigenvalue weighted by atomic mass is 32.1. The van der Waals surface area contributed by atoms with Crippen LogP contribution in [0.4, 0.5) is 4.39 Å². The molecule has 1 atom stereocenters. The predicted octanol–water partition coefficient (Wildman–Crippen LogP) is 4.66. The second-order valence-corrected chi connectivity index (χ2v) is 5.52. The summed E-state index contributed by atoms with van der Waals surface area (Å²) < 4.78 is 14.0. The molecule has 0 amide bonds. The third-order valence-corrected chi connectivity index (χ3v) is 4.14. The van der Waals surface area contributed by atoms with Gasteiger partial charge in [0.05, 0.1) is 4.88 Å². The van der Waals surface area contributed by atoms with E-state index in [0.29, 0.717) is 12.3 Å². The van der Waals surface area contributed by atoms with E-state index in [1.807, 2.05) is 0 Å². The Morgan fingerprint density at radius 1 is 1.41 bits per heavy atom. The largest absolute Gasteiger partial charge is 0.293 e. The third kappa shape index (κ3) is 2.72. The number of carbonyl (C=O) groups is 1. The van der Waals surface area contributed by atoms with Crippen LogP contribution in [-0.2, 0) is 0 Å². The molecule has 17 heavy (non-hydrogen) atoms. The van der Waals surface area contributed by atoms with Crippen LogP contribution in [-0.4, -0.2) is 5.78 Å². The van der Waals surface area contributed by atoms with Crippen molar-refractivity contribution >= 4 is 27.2 Å². The molecule has 0 aliphatic carbocycles. The van der Waals surface area contributed by atoms with E-state index in [-0.39, 0.29) is 11.6 Å². The Hall–Kier alpha value is -1.22. The van der Waals surface area contributed by atoms with Crippen molar-refractivity contribution in [2.75, 3.05) is 0 Å². The van der Waals surface area contributed by atoms with E-state index in [1.165, 1.54) is 23.5 Å². The minimum atomic E-state index is -0.253. The summed E-state index contributed by atoms with van der Waals surface area (Å²) >= 11 is 1.45. The van der Waals surface area contributed by atoms with Gasteiger partial charge in [0.1, 0.15) is 5.82 Å². The molecule has 0 fully saturated rings. The van der Waals surface area contributed by atoms with E-state index in [1.54, 1.807) is 12.1 Å². The molecule has 0 radical (unpaired) electrons. The van der Waals surface area contributed by atoms with Gasteiger partial charge in [-0.2, -0.15) is 0 Å². The van der Waals surface area contributed by atoms with E-state index in [0.717, 1.165) is 21.4 Å². The quantitative estimate of drug-likeness (QED) is 0.721. The van der Waals surface area contributed by atoms with E-state index in [2.05, 4.69) is 13.8 Å². The number of ketones is 1. The molecule has 0 bridgehead atoms. The van der Waals surface area contributed by atoms with E-state index < -0.39 is 0 Å². The van der Waals surface area contributed by atoms with Gasteiger partial charge in [0, 0.05) is 11.1 Å². The van der Waals surface area contributed by atoms with Gasteiger partial charge in [-0.25, -0.2) is 4.39 Å². The standard InChI is InChI=1S/C14H15FOS/c1-3-9(2)6-12(16)14-8-10-7-11(15)4-5-13(10)17-14/h4-5,7-9H,3,6H2,1-2H3. The van der Waals surface area contributed by atoms with Gasteiger partial charge in [-0.15, -0.1) is 11.3 Å². The summed E-state index contributed by atoms with van der Waals surface area (Å²) in [6, 6.07) is 6.44. The molecule has 1 heterocycles. The molecule has 2 aromatic rings. The average Bonchev–Trinajstić information content (AvgIpc) is 2.71. The molecule has 0 saturated heterocycles. The van der Waals surface area contributed by atoms with Crippen LogP contribution < -0.4 is 0 Å². The molecule has 0 spiro atoms. The van der Waals surface area contributed by atoms with Gasteiger partial charge in [-0.05, 0) is 35.6 Å². The summed E-state index contributed by atoms with van der Waals surface area (Å²) in [6.07, 6.45) is 1.58. The van der Waals surface area contributed by atoms with Crippen molar-refractivity contribution in [3.05, 3.63) is 35.0 Å². The van der Waals surface area contributed by atoms with Gasteiger partial charge in [0.2, 0.25) is 0 Å². The Morgan fingerprint density at radius 2 is 2.18 bits per heavy atom. The number of benzene rings is 1. The zero-order chi connectivity index (χ0) is 12.4. The Morgan fingerprint density at radius 3 is 2.88 bits per heavy atom. The van der Waals surface area contributed by atoms with Crippen LogP contribution in [0.15, 0.2) is 24.3 Å². The zero-order valence-corrected chi connectivity index (χ0v) is 10.8. The van der Waals surface area contributed by atoms with Crippen LogP contribution in [0.1, 0.15) is 36.4 Å². The van der Waals surface area contributed by atoms with Gasteiger partial charge in [0.25, 0.3) is 0 Å². The minimum absolute atomic E-state index is 0.168. The van der Waals surface area contributed by atoms with Crippen LogP contribution in [0.5, 0.6) is 0 Å². The van der Waals surface area contributed by atoms with Crippen LogP contribution in [0.3, 0.4) is 0 Å². The molecule has 1 aromatic carbocycles. The van der Waals surface area contributed by atoms with Crippen molar-refractivity contribution < 1.29 is 9.18 Å². The third-order valence-electron chi connectivity index (χ3n) is 2.98. The first kappa shape index (κ1) is 12.2. The Bertz CT molecular complexity index is 544. The summed E-state index contributed by atoms with van der Waals surface area (Å²) in [4.78, 5) is 12.7. The molecule has 3 heteroatoms. The van der Waals surface area contributed by atoms with Crippen LogP contribution in [0, 0.1) is 11.7 Å². The summed E-state index contributed by atoms with van der Waals surface area (Å²) in [7, 11) is 0.